The molecule has 0 aromatic rings. The molecule has 4 atom stereocenters. The lowest BCUT2D eigenvalue weighted by atomic mass is 9.86. The molecule has 2 bridgehead atoms. The SMILES string of the molecule is O=C(CC1CC2CCC1C2)NC(C(=O)O)C1CC1. The molecule has 0 radical (unpaired) electrons. The predicted molar refractivity (Wildman–Crippen MR) is 65.8 cm³/mol. The predicted octanol–water partition coefficient (Wildman–Crippen LogP) is 1.79. The number of rotatable bonds is 5. The minimum absolute atomic E-state index is 0.0492. The van der Waals surface area contributed by atoms with Crippen molar-refractivity contribution in [1.29, 1.82) is 0 Å². The summed E-state index contributed by atoms with van der Waals surface area (Å²) in [4.78, 5) is 23.0. The van der Waals surface area contributed by atoms with Crippen molar-refractivity contribution in [2.75, 3.05) is 0 Å². The fourth-order valence-corrected chi connectivity index (χ4v) is 3.91. The normalized spacial score (nSPS) is 35.4. The lowest BCUT2D eigenvalue weighted by molar-refractivity contribution is -0.142. The Morgan fingerprint density at radius 1 is 1.17 bits per heavy atom. The fraction of sp³-hybridized carbons (Fsp3) is 0.857. The molecular weight excluding hydrogens is 230 g/mol. The maximum atomic E-state index is 11.9. The Kier molecular flexibility index (Phi) is 3.04. The van der Waals surface area contributed by atoms with Gasteiger partial charge in [0.15, 0.2) is 0 Å². The van der Waals surface area contributed by atoms with Gasteiger partial charge in [-0.05, 0) is 55.8 Å². The molecule has 0 aromatic carbocycles. The summed E-state index contributed by atoms with van der Waals surface area (Å²) in [5.74, 6) is 1.32. The van der Waals surface area contributed by atoms with Gasteiger partial charge in [0.2, 0.25) is 5.91 Å². The van der Waals surface area contributed by atoms with E-state index in [9.17, 15) is 9.59 Å². The van der Waals surface area contributed by atoms with Crippen molar-refractivity contribution in [3.05, 3.63) is 0 Å². The first-order valence-corrected chi connectivity index (χ1v) is 7.15. The number of carboxylic acids is 1. The Morgan fingerprint density at radius 2 is 1.94 bits per heavy atom. The van der Waals surface area contributed by atoms with E-state index >= 15 is 0 Å². The average Bonchev–Trinajstić information content (AvgIpc) is 2.95. The van der Waals surface area contributed by atoms with E-state index in [-0.39, 0.29) is 11.8 Å². The minimum atomic E-state index is -0.876. The largest absolute Gasteiger partial charge is 0.480 e. The van der Waals surface area contributed by atoms with Gasteiger partial charge < -0.3 is 10.4 Å². The summed E-state index contributed by atoms with van der Waals surface area (Å²) in [7, 11) is 0. The van der Waals surface area contributed by atoms with E-state index in [4.69, 9.17) is 5.11 Å². The van der Waals surface area contributed by atoms with Crippen LogP contribution in [-0.2, 0) is 9.59 Å². The summed E-state index contributed by atoms with van der Waals surface area (Å²) in [5.41, 5.74) is 0. The zero-order chi connectivity index (χ0) is 12.7. The van der Waals surface area contributed by atoms with Gasteiger partial charge >= 0.3 is 5.97 Å². The van der Waals surface area contributed by atoms with Crippen molar-refractivity contribution in [2.24, 2.45) is 23.7 Å². The molecule has 100 valence electrons. The van der Waals surface area contributed by atoms with Crippen LogP contribution < -0.4 is 5.32 Å². The summed E-state index contributed by atoms with van der Waals surface area (Å²) >= 11 is 0. The molecule has 0 spiro atoms. The van der Waals surface area contributed by atoms with Crippen LogP contribution in [0.15, 0.2) is 0 Å². The molecule has 0 saturated heterocycles. The lowest BCUT2D eigenvalue weighted by Crippen LogP contribution is -2.43. The molecule has 3 aliphatic carbocycles. The molecule has 3 aliphatic rings. The molecule has 18 heavy (non-hydrogen) atoms. The summed E-state index contributed by atoms with van der Waals surface area (Å²) in [6.45, 7) is 0. The number of fused-ring (bicyclic) bond motifs is 2. The number of carbonyl (C=O) groups is 2. The monoisotopic (exact) mass is 251 g/mol. The van der Waals surface area contributed by atoms with Crippen molar-refractivity contribution in [2.45, 2.75) is 51.0 Å². The first-order chi connectivity index (χ1) is 8.63. The standard InChI is InChI=1S/C14H21NO3/c16-12(15-13(14(17)18)9-3-4-9)7-11-6-8-1-2-10(11)5-8/h8-11,13H,1-7H2,(H,15,16)(H,17,18). The molecule has 4 nitrogen and oxygen atoms in total. The Hall–Kier alpha value is -1.06. The van der Waals surface area contributed by atoms with E-state index in [1.165, 1.54) is 25.7 Å². The third-order valence-corrected chi connectivity index (χ3v) is 5.01. The number of carboxylic acid groups (broad SMARTS) is 1. The van der Waals surface area contributed by atoms with Gasteiger partial charge in [0.25, 0.3) is 0 Å². The molecule has 0 heterocycles. The number of hydrogen-bond donors (Lipinski definition) is 2. The van der Waals surface area contributed by atoms with Crippen LogP contribution in [0, 0.1) is 23.7 Å². The lowest BCUT2D eigenvalue weighted by Gasteiger charge is -2.22. The highest BCUT2D eigenvalue weighted by molar-refractivity contribution is 5.84. The van der Waals surface area contributed by atoms with E-state index in [1.54, 1.807) is 0 Å². The molecule has 2 N–H and O–H groups in total. The molecular formula is C14H21NO3. The van der Waals surface area contributed by atoms with Gasteiger partial charge in [0.1, 0.15) is 6.04 Å². The van der Waals surface area contributed by atoms with Crippen molar-refractivity contribution >= 4 is 11.9 Å². The first kappa shape index (κ1) is 12.0. The number of aliphatic carboxylic acids is 1. The zero-order valence-electron chi connectivity index (χ0n) is 10.6. The maximum Gasteiger partial charge on any atom is 0.326 e. The second kappa shape index (κ2) is 4.56. The van der Waals surface area contributed by atoms with E-state index in [2.05, 4.69) is 5.32 Å². The van der Waals surface area contributed by atoms with Crippen LogP contribution in [-0.4, -0.2) is 23.0 Å². The van der Waals surface area contributed by atoms with Crippen molar-refractivity contribution in [1.82, 2.24) is 5.32 Å². The van der Waals surface area contributed by atoms with Crippen LogP contribution in [0.2, 0.25) is 0 Å². The number of hydrogen-bond acceptors (Lipinski definition) is 2. The first-order valence-electron chi connectivity index (χ1n) is 7.15. The molecule has 0 aromatic heterocycles. The Bertz CT molecular complexity index is 364. The van der Waals surface area contributed by atoms with E-state index < -0.39 is 12.0 Å². The van der Waals surface area contributed by atoms with Crippen LogP contribution >= 0.6 is 0 Å². The summed E-state index contributed by atoms with van der Waals surface area (Å²) in [6, 6.07) is -0.643. The van der Waals surface area contributed by atoms with Gasteiger partial charge in [-0.15, -0.1) is 0 Å². The molecule has 4 unspecified atom stereocenters. The molecule has 0 aliphatic heterocycles. The Balaban J connectivity index is 1.50. The van der Waals surface area contributed by atoms with Gasteiger partial charge in [-0.3, -0.25) is 4.79 Å². The van der Waals surface area contributed by atoms with E-state index in [0.29, 0.717) is 12.3 Å². The minimum Gasteiger partial charge on any atom is -0.480 e. The summed E-state index contributed by atoms with van der Waals surface area (Å²) in [6.07, 6.45) is 7.49. The topological polar surface area (TPSA) is 66.4 Å². The van der Waals surface area contributed by atoms with Crippen LogP contribution in [0.25, 0.3) is 0 Å². The molecule has 3 saturated carbocycles. The summed E-state index contributed by atoms with van der Waals surface area (Å²) < 4.78 is 0. The molecule has 4 heteroatoms. The van der Waals surface area contributed by atoms with Crippen molar-refractivity contribution < 1.29 is 14.7 Å². The second-order valence-electron chi connectivity index (χ2n) is 6.36. The van der Waals surface area contributed by atoms with Gasteiger partial charge in [0, 0.05) is 6.42 Å². The van der Waals surface area contributed by atoms with Crippen LogP contribution in [0.4, 0.5) is 0 Å². The van der Waals surface area contributed by atoms with Crippen LogP contribution in [0.3, 0.4) is 0 Å². The molecule has 3 fully saturated rings. The third kappa shape index (κ3) is 2.38. The average molecular weight is 251 g/mol. The Morgan fingerprint density at radius 3 is 2.44 bits per heavy atom. The maximum absolute atomic E-state index is 11.9. The number of amides is 1. The number of carbonyl (C=O) groups excluding carboxylic acids is 1. The van der Waals surface area contributed by atoms with Gasteiger partial charge in [0.05, 0.1) is 0 Å². The summed E-state index contributed by atoms with van der Waals surface area (Å²) in [5, 5.41) is 11.8. The van der Waals surface area contributed by atoms with Gasteiger partial charge in [-0.2, -0.15) is 0 Å². The quantitative estimate of drug-likeness (QED) is 0.783. The zero-order valence-corrected chi connectivity index (χ0v) is 10.6. The van der Waals surface area contributed by atoms with E-state index in [1.807, 2.05) is 0 Å². The highest BCUT2D eigenvalue weighted by Crippen LogP contribution is 2.49. The number of nitrogens with one attached hydrogen (secondary N) is 1. The smallest absolute Gasteiger partial charge is 0.326 e. The molecule has 1 amide bonds. The van der Waals surface area contributed by atoms with Crippen LogP contribution in [0.1, 0.15) is 44.9 Å². The fourth-order valence-electron chi connectivity index (χ4n) is 3.91. The van der Waals surface area contributed by atoms with E-state index in [0.717, 1.165) is 24.7 Å². The van der Waals surface area contributed by atoms with Crippen molar-refractivity contribution in [3.63, 3.8) is 0 Å². The Labute approximate surface area is 107 Å². The third-order valence-electron chi connectivity index (χ3n) is 5.01. The van der Waals surface area contributed by atoms with Gasteiger partial charge in [-0.1, -0.05) is 6.42 Å². The highest BCUT2D eigenvalue weighted by atomic mass is 16.4. The highest BCUT2D eigenvalue weighted by Gasteiger charge is 2.41. The van der Waals surface area contributed by atoms with Crippen LogP contribution in [0.5, 0.6) is 0 Å². The van der Waals surface area contributed by atoms with Gasteiger partial charge in [-0.25, -0.2) is 4.79 Å². The van der Waals surface area contributed by atoms with Crippen molar-refractivity contribution in [3.8, 4) is 0 Å². The second-order valence-corrected chi connectivity index (χ2v) is 6.36. The molecule has 3 rings (SSSR count).